The highest BCUT2D eigenvalue weighted by atomic mass is 32.2. The monoisotopic (exact) mass is 525 g/mol. The quantitative estimate of drug-likeness (QED) is 0.208. The van der Waals surface area contributed by atoms with Crippen molar-refractivity contribution in [2.24, 2.45) is 0 Å². The van der Waals surface area contributed by atoms with E-state index in [1.807, 2.05) is 54.6 Å². The predicted molar refractivity (Wildman–Crippen MR) is 148 cm³/mol. The molecule has 0 saturated heterocycles. The summed E-state index contributed by atoms with van der Waals surface area (Å²) >= 11 is 0. The van der Waals surface area contributed by atoms with Crippen LogP contribution in [0.2, 0.25) is 0 Å². The van der Waals surface area contributed by atoms with Gasteiger partial charge in [0.2, 0.25) is 9.84 Å². The number of ether oxygens (including phenoxy) is 2. The molecule has 4 aromatic rings. The smallest absolute Gasteiger partial charge is 0.339 e. The SMILES string of the molecule is COC(=O)c1c(C)c(C#Cc2ccc(-c3ccccc3)cc2)c(N)c(C)c1S(=O)(=O)c1ccc(OC)cc1. The third-order valence-corrected chi connectivity index (χ3v) is 8.28. The number of nitrogens with two attached hydrogens (primary N) is 1. The zero-order valence-electron chi connectivity index (χ0n) is 21.5. The van der Waals surface area contributed by atoms with Gasteiger partial charge in [0, 0.05) is 5.56 Å². The molecule has 0 heterocycles. The van der Waals surface area contributed by atoms with Crippen molar-refractivity contribution in [3.8, 4) is 28.7 Å². The van der Waals surface area contributed by atoms with Gasteiger partial charge < -0.3 is 15.2 Å². The number of anilines is 1. The first-order valence-corrected chi connectivity index (χ1v) is 13.2. The van der Waals surface area contributed by atoms with Gasteiger partial charge in [-0.15, -0.1) is 0 Å². The Morgan fingerprint density at radius 3 is 1.97 bits per heavy atom. The van der Waals surface area contributed by atoms with Gasteiger partial charge in [0.1, 0.15) is 5.75 Å². The van der Waals surface area contributed by atoms with Crippen molar-refractivity contribution >= 4 is 21.5 Å². The number of nitrogen functional groups attached to an aromatic ring is 1. The Kier molecular flexibility index (Phi) is 7.56. The van der Waals surface area contributed by atoms with E-state index >= 15 is 0 Å². The number of esters is 1. The molecule has 0 aliphatic carbocycles. The van der Waals surface area contributed by atoms with Crippen LogP contribution in [-0.4, -0.2) is 28.6 Å². The Morgan fingerprint density at radius 2 is 1.39 bits per heavy atom. The van der Waals surface area contributed by atoms with Crippen LogP contribution in [-0.2, 0) is 14.6 Å². The van der Waals surface area contributed by atoms with Crippen molar-refractivity contribution in [2.45, 2.75) is 23.6 Å². The maximum Gasteiger partial charge on any atom is 0.339 e. The number of hydrogen-bond acceptors (Lipinski definition) is 6. The Balaban J connectivity index is 1.83. The molecular formula is C31H27NO5S. The standard InChI is InChI=1S/C31H27NO5S/c1-20-27(19-12-22-10-13-24(14-11-22)23-8-6-5-7-9-23)29(32)21(2)30(28(20)31(33)37-4)38(34,35)26-17-15-25(36-3)16-18-26/h5-11,13-18H,32H2,1-4H3. The molecule has 0 bridgehead atoms. The van der Waals surface area contributed by atoms with E-state index in [4.69, 9.17) is 15.2 Å². The zero-order valence-corrected chi connectivity index (χ0v) is 22.3. The summed E-state index contributed by atoms with van der Waals surface area (Å²) in [4.78, 5) is 12.7. The van der Waals surface area contributed by atoms with Crippen molar-refractivity contribution in [2.75, 3.05) is 20.0 Å². The Morgan fingerprint density at radius 1 is 0.789 bits per heavy atom. The van der Waals surface area contributed by atoms with E-state index in [2.05, 4.69) is 11.8 Å². The first-order valence-electron chi connectivity index (χ1n) is 11.8. The lowest BCUT2D eigenvalue weighted by molar-refractivity contribution is 0.0595. The molecule has 0 aliphatic rings. The van der Waals surface area contributed by atoms with Gasteiger partial charge in [-0.2, -0.15) is 0 Å². The second kappa shape index (κ2) is 10.8. The number of benzene rings is 4. The summed E-state index contributed by atoms with van der Waals surface area (Å²) < 4.78 is 37.5. The lowest BCUT2D eigenvalue weighted by Crippen LogP contribution is -2.17. The summed E-state index contributed by atoms with van der Waals surface area (Å²) in [5.41, 5.74) is 10.4. The summed E-state index contributed by atoms with van der Waals surface area (Å²) in [6, 6.07) is 23.7. The highest BCUT2D eigenvalue weighted by Gasteiger charge is 2.32. The van der Waals surface area contributed by atoms with Crippen LogP contribution in [0.15, 0.2) is 88.7 Å². The highest BCUT2D eigenvalue weighted by molar-refractivity contribution is 7.91. The molecule has 0 unspecified atom stereocenters. The second-order valence-electron chi connectivity index (χ2n) is 8.61. The van der Waals surface area contributed by atoms with Gasteiger partial charge in [0.15, 0.2) is 0 Å². The minimum atomic E-state index is -4.12. The molecule has 192 valence electrons. The van der Waals surface area contributed by atoms with Gasteiger partial charge in [-0.3, -0.25) is 0 Å². The van der Waals surface area contributed by atoms with Crippen LogP contribution >= 0.6 is 0 Å². The first kappa shape index (κ1) is 26.5. The normalized spacial score (nSPS) is 10.8. The fourth-order valence-corrected chi connectivity index (χ4v) is 5.97. The van der Waals surface area contributed by atoms with Crippen molar-refractivity contribution < 1.29 is 22.7 Å². The number of carbonyl (C=O) groups excluding carboxylic acids is 1. The number of rotatable bonds is 5. The molecule has 0 saturated carbocycles. The van der Waals surface area contributed by atoms with Crippen LogP contribution in [0.1, 0.15) is 32.6 Å². The fourth-order valence-electron chi connectivity index (χ4n) is 4.22. The van der Waals surface area contributed by atoms with E-state index in [0.717, 1.165) is 16.7 Å². The average Bonchev–Trinajstić information content (AvgIpc) is 2.95. The Bertz CT molecular complexity index is 1660. The van der Waals surface area contributed by atoms with Gasteiger partial charge in [0.05, 0.1) is 40.8 Å². The molecule has 0 aliphatic heterocycles. The largest absolute Gasteiger partial charge is 0.497 e. The number of sulfone groups is 1. The summed E-state index contributed by atoms with van der Waals surface area (Å²) in [5, 5.41) is 0. The minimum absolute atomic E-state index is 0.00249. The second-order valence-corrected chi connectivity index (χ2v) is 10.5. The fraction of sp³-hybridized carbons (Fsp3) is 0.129. The molecule has 0 atom stereocenters. The van der Waals surface area contributed by atoms with Crippen LogP contribution in [0.4, 0.5) is 5.69 Å². The highest BCUT2D eigenvalue weighted by Crippen LogP contribution is 2.36. The Hall–Kier alpha value is -4.54. The molecule has 0 radical (unpaired) electrons. The summed E-state index contributed by atoms with van der Waals surface area (Å²) in [5.74, 6) is 5.87. The van der Waals surface area contributed by atoms with Crippen LogP contribution in [0, 0.1) is 25.7 Å². The van der Waals surface area contributed by atoms with Crippen molar-refractivity contribution in [1.82, 2.24) is 0 Å². The van der Waals surface area contributed by atoms with Gasteiger partial charge >= 0.3 is 5.97 Å². The van der Waals surface area contributed by atoms with Crippen molar-refractivity contribution in [3.63, 3.8) is 0 Å². The topological polar surface area (TPSA) is 95.7 Å². The van der Waals surface area contributed by atoms with Crippen LogP contribution in [0.25, 0.3) is 11.1 Å². The molecule has 0 amide bonds. The molecule has 4 rings (SSSR count). The van der Waals surface area contributed by atoms with Gasteiger partial charge in [-0.05, 0) is 72.5 Å². The summed E-state index contributed by atoms with van der Waals surface area (Å²) in [7, 11) is -1.43. The summed E-state index contributed by atoms with van der Waals surface area (Å²) in [6.45, 7) is 3.19. The molecule has 4 aromatic carbocycles. The maximum atomic E-state index is 13.7. The molecular weight excluding hydrogens is 498 g/mol. The van der Waals surface area contributed by atoms with E-state index in [0.29, 0.717) is 16.9 Å². The van der Waals surface area contributed by atoms with Crippen LogP contribution in [0.3, 0.4) is 0 Å². The van der Waals surface area contributed by atoms with Gasteiger partial charge in [-0.25, -0.2) is 13.2 Å². The maximum absolute atomic E-state index is 13.7. The molecule has 6 nitrogen and oxygen atoms in total. The lowest BCUT2D eigenvalue weighted by atomic mass is 9.96. The average molecular weight is 526 g/mol. The van der Waals surface area contributed by atoms with Crippen molar-refractivity contribution in [3.05, 3.63) is 107 Å². The van der Waals surface area contributed by atoms with Crippen LogP contribution < -0.4 is 10.5 Å². The lowest BCUT2D eigenvalue weighted by Gasteiger charge is -2.19. The van der Waals surface area contributed by atoms with E-state index in [9.17, 15) is 13.2 Å². The molecule has 0 spiro atoms. The third kappa shape index (κ3) is 4.99. The molecule has 7 heteroatoms. The van der Waals surface area contributed by atoms with E-state index in [-0.39, 0.29) is 26.6 Å². The third-order valence-electron chi connectivity index (χ3n) is 6.34. The van der Waals surface area contributed by atoms with E-state index in [1.54, 1.807) is 26.0 Å². The molecule has 38 heavy (non-hydrogen) atoms. The Labute approximate surface area is 223 Å². The molecule has 0 fully saturated rings. The number of carbonyl (C=O) groups is 1. The number of methoxy groups -OCH3 is 2. The zero-order chi connectivity index (χ0) is 27.4. The molecule has 2 N–H and O–H groups in total. The van der Waals surface area contributed by atoms with Crippen molar-refractivity contribution in [1.29, 1.82) is 0 Å². The van der Waals surface area contributed by atoms with Gasteiger partial charge in [0.25, 0.3) is 0 Å². The first-order chi connectivity index (χ1) is 18.2. The predicted octanol–water partition coefficient (Wildman–Crippen LogP) is 5.58. The summed E-state index contributed by atoms with van der Waals surface area (Å²) in [6.07, 6.45) is 0. The van der Waals surface area contributed by atoms with E-state index < -0.39 is 15.8 Å². The molecule has 0 aromatic heterocycles. The number of hydrogen-bond donors (Lipinski definition) is 1. The van der Waals surface area contributed by atoms with Gasteiger partial charge in [-0.1, -0.05) is 54.3 Å². The minimum Gasteiger partial charge on any atom is -0.497 e. The van der Waals surface area contributed by atoms with E-state index in [1.165, 1.54) is 26.4 Å². The van der Waals surface area contributed by atoms with Crippen LogP contribution in [0.5, 0.6) is 5.75 Å².